The van der Waals surface area contributed by atoms with Crippen LogP contribution in [0.5, 0.6) is 0 Å². The molecule has 1 unspecified atom stereocenters. The average molecular weight is 282 g/mol. The van der Waals surface area contributed by atoms with Gasteiger partial charge < -0.3 is 5.11 Å². The van der Waals surface area contributed by atoms with Crippen LogP contribution in [0.3, 0.4) is 0 Å². The molecule has 1 aromatic rings. The van der Waals surface area contributed by atoms with Gasteiger partial charge in [0.1, 0.15) is 0 Å². The van der Waals surface area contributed by atoms with E-state index in [1.807, 2.05) is 13.0 Å². The van der Waals surface area contributed by atoms with Crippen molar-refractivity contribution < 1.29 is 13.5 Å². The maximum absolute atomic E-state index is 11.8. The zero-order valence-electron chi connectivity index (χ0n) is 10.8. The van der Waals surface area contributed by atoms with Crippen molar-refractivity contribution in [2.45, 2.75) is 31.6 Å². The average Bonchev–Trinajstić information content (AvgIpc) is 2.37. The number of aliphatic hydroxyl groups excluding tert-OH is 1. The lowest BCUT2D eigenvalue weighted by molar-refractivity contribution is 0.167. The van der Waals surface area contributed by atoms with Crippen LogP contribution in [-0.4, -0.2) is 26.2 Å². The molecule has 104 valence electrons. The minimum Gasteiger partial charge on any atom is -0.392 e. The van der Waals surface area contributed by atoms with Crippen molar-refractivity contribution in [2.75, 3.05) is 6.54 Å². The fraction of sp³-hybridized carbons (Fsp3) is 0.462. The number of nitriles is 1. The third-order valence-corrected chi connectivity index (χ3v) is 3.94. The minimum atomic E-state index is -3.54. The SMILES string of the molecule is CCCC(O)CNS(=O)(=O)Cc1ccccc1C#N. The van der Waals surface area contributed by atoms with Crippen LogP contribution in [0.1, 0.15) is 30.9 Å². The van der Waals surface area contributed by atoms with Gasteiger partial charge in [0.25, 0.3) is 0 Å². The van der Waals surface area contributed by atoms with Gasteiger partial charge >= 0.3 is 0 Å². The van der Waals surface area contributed by atoms with E-state index in [1.165, 1.54) is 0 Å². The predicted molar refractivity (Wildman–Crippen MR) is 72.7 cm³/mol. The molecule has 0 aromatic heterocycles. The summed E-state index contributed by atoms with van der Waals surface area (Å²) in [6.45, 7) is 1.92. The molecule has 0 heterocycles. The van der Waals surface area contributed by atoms with Crippen LogP contribution in [0.15, 0.2) is 24.3 Å². The number of aliphatic hydroxyl groups is 1. The van der Waals surface area contributed by atoms with Crippen molar-refractivity contribution in [3.8, 4) is 6.07 Å². The van der Waals surface area contributed by atoms with Crippen molar-refractivity contribution in [1.82, 2.24) is 4.72 Å². The van der Waals surface area contributed by atoms with Gasteiger partial charge in [-0.2, -0.15) is 5.26 Å². The Hall–Kier alpha value is -1.42. The van der Waals surface area contributed by atoms with Gasteiger partial charge in [0.05, 0.1) is 23.5 Å². The molecule has 0 aliphatic carbocycles. The smallest absolute Gasteiger partial charge is 0.215 e. The lowest BCUT2D eigenvalue weighted by Gasteiger charge is -2.11. The fourth-order valence-electron chi connectivity index (χ4n) is 1.67. The normalized spacial score (nSPS) is 12.9. The van der Waals surface area contributed by atoms with Crippen LogP contribution in [0.25, 0.3) is 0 Å². The van der Waals surface area contributed by atoms with Gasteiger partial charge in [-0.1, -0.05) is 31.5 Å². The Labute approximate surface area is 113 Å². The molecule has 0 aliphatic heterocycles. The quantitative estimate of drug-likeness (QED) is 0.784. The molecule has 0 bridgehead atoms. The third kappa shape index (κ3) is 5.39. The van der Waals surface area contributed by atoms with Gasteiger partial charge in [-0.3, -0.25) is 0 Å². The lowest BCUT2D eigenvalue weighted by atomic mass is 10.1. The first-order valence-corrected chi connectivity index (χ1v) is 7.77. The zero-order valence-corrected chi connectivity index (χ0v) is 11.7. The van der Waals surface area contributed by atoms with E-state index in [0.717, 1.165) is 6.42 Å². The number of sulfonamides is 1. The standard InChI is InChI=1S/C13H18N2O3S/c1-2-5-13(16)9-15-19(17,18)10-12-7-4-3-6-11(12)8-14/h3-4,6-7,13,15-16H,2,5,9-10H2,1H3. The van der Waals surface area contributed by atoms with Crippen LogP contribution in [0.2, 0.25) is 0 Å². The predicted octanol–water partition coefficient (Wildman–Crippen LogP) is 1.14. The number of hydrogen-bond donors (Lipinski definition) is 2. The molecule has 0 fully saturated rings. The third-order valence-electron chi connectivity index (χ3n) is 2.64. The van der Waals surface area contributed by atoms with Crippen molar-refractivity contribution >= 4 is 10.0 Å². The molecule has 1 aromatic carbocycles. The molecular weight excluding hydrogens is 264 g/mol. The molecular formula is C13H18N2O3S. The number of nitrogens with one attached hydrogen (secondary N) is 1. The number of benzene rings is 1. The molecule has 0 saturated carbocycles. The molecule has 0 amide bonds. The topological polar surface area (TPSA) is 90.2 Å². The minimum absolute atomic E-state index is 0.00485. The summed E-state index contributed by atoms with van der Waals surface area (Å²) in [6, 6.07) is 8.53. The highest BCUT2D eigenvalue weighted by molar-refractivity contribution is 7.88. The van der Waals surface area contributed by atoms with Gasteiger partial charge in [-0.25, -0.2) is 13.1 Å². The largest absolute Gasteiger partial charge is 0.392 e. The summed E-state index contributed by atoms with van der Waals surface area (Å²) in [7, 11) is -3.54. The van der Waals surface area contributed by atoms with Gasteiger partial charge in [0.2, 0.25) is 10.0 Å². The maximum atomic E-state index is 11.8. The molecule has 1 rings (SSSR count). The Morgan fingerprint density at radius 3 is 2.74 bits per heavy atom. The summed E-state index contributed by atoms with van der Waals surface area (Å²) in [4.78, 5) is 0. The van der Waals surface area contributed by atoms with Crippen molar-refractivity contribution in [3.05, 3.63) is 35.4 Å². The van der Waals surface area contributed by atoms with Gasteiger partial charge in [0, 0.05) is 6.54 Å². The fourth-order valence-corrected chi connectivity index (χ4v) is 2.88. The second-order valence-electron chi connectivity index (χ2n) is 4.32. The van der Waals surface area contributed by atoms with Crippen LogP contribution < -0.4 is 4.72 Å². The molecule has 0 radical (unpaired) electrons. The molecule has 0 spiro atoms. The summed E-state index contributed by atoms with van der Waals surface area (Å²) in [5.41, 5.74) is 0.810. The molecule has 0 aliphatic rings. The van der Waals surface area contributed by atoms with Crippen LogP contribution >= 0.6 is 0 Å². The van der Waals surface area contributed by atoms with Gasteiger partial charge in [-0.05, 0) is 18.1 Å². The summed E-state index contributed by atoms with van der Waals surface area (Å²) < 4.78 is 26.0. The molecule has 1 atom stereocenters. The van der Waals surface area contributed by atoms with Crippen LogP contribution in [-0.2, 0) is 15.8 Å². The highest BCUT2D eigenvalue weighted by atomic mass is 32.2. The molecule has 2 N–H and O–H groups in total. The first-order chi connectivity index (χ1) is 8.98. The van der Waals surface area contributed by atoms with E-state index in [9.17, 15) is 13.5 Å². The first kappa shape index (κ1) is 15.6. The zero-order chi connectivity index (χ0) is 14.3. The van der Waals surface area contributed by atoms with E-state index in [2.05, 4.69) is 4.72 Å². The molecule has 0 saturated heterocycles. The first-order valence-electron chi connectivity index (χ1n) is 6.12. The maximum Gasteiger partial charge on any atom is 0.215 e. The number of hydrogen-bond acceptors (Lipinski definition) is 4. The van der Waals surface area contributed by atoms with Gasteiger partial charge in [-0.15, -0.1) is 0 Å². The molecule has 19 heavy (non-hydrogen) atoms. The van der Waals surface area contributed by atoms with E-state index in [-0.39, 0.29) is 12.3 Å². The molecule has 5 nitrogen and oxygen atoms in total. The lowest BCUT2D eigenvalue weighted by Crippen LogP contribution is -2.33. The Balaban J connectivity index is 2.67. The Bertz CT molecular complexity index is 549. The Morgan fingerprint density at radius 1 is 1.42 bits per heavy atom. The summed E-state index contributed by atoms with van der Waals surface area (Å²) in [6.07, 6.45) is 0.670. The summed E-state index contributed by atoms with van der Waals surface area (Å²) in [5, 5.41) is 18.4. The van der Waals surface area contributed by atoms with Crippen molar-refractivity contribution in [2.24, 2.45) is 0 Å². The number of rotatable bonds is 7. The monoisotopic (exact) mass is 282 g/mol. The van der Waals surface area contributed by atoms with E-state index < -0.39 is 16.1 Å². The van der Waals surface area contributed by atoms with E-state index in [0.29, 0.717) is 17.5 Å². The van der Waals surface area contributed by atoms with E-state index in [4.69, 9.17) is 5.26 Å². The van der Waals surface area contributed by atoms with Gasteiger partial charge in [0.15, 0.2) is 0 Å². The highest BCUT2D eigenvalue weighted by Gasteiger charge is 2.15. The number of nitrogens with zero attached hydrogens (tertiary/aromatic N) is 1. The van der Waals surface area contributed by atoms with Crippen LogP contribution in [0.4, 0.5) is 0 Å². The van der Waals surface area contributed by atoms with E-state index >= 15 is 0 Å². The van der Waals surface area contributed by atoms with Crippen molar-refractivity contribution in [1.29, 1.82) is 5.26 Å². The highest BCUT2D eigenvalue weighted by Crippen LogP contribution is 2.11. The molecule has 6 heteroatoms. The Morgan fingerprint density at radius 2 is 2.11 bits per heavy atom. The van der Waals surface area contributed by atoms with Crippen molar-refractivity contribution in [3.63, 3.8) is 0 Å². The Kier molecular flexibility index (Phi) is 5.96. The second kappa shape index (κ2) is 7.24. The second-order valence-corrected chi connectivity index (χ2v) is 6.13. The van der Waals surface area contributed by atoms with Crippen LogP contribution in [0, 0.1) is 11.3 Å². The summed E-state index contributed by atoms with van der Waals surface area (Å²) in [5.74, 6) is -0.254. The summed E-state index contributed by atoms with van der Waals surface area (Å²) >= 11 is 0. The van der Waals surface area contributed by atoms with E-state index in [1.54, 1.807) is 24.3 Å².